The summed E-state index contributed by atoms with van der Waals surface area (Å²) in [6.45, 7) is 11.8. The molecule has 3 aliphatic rings. The van der Waals surface area contributed by atoms with Crippen LogP contribution >= 0.6 is 0 Å². The summed E-state index contributed by atoms with van der Waals surface area (Å²) in [5.74, 6) is 0. The van der Waals surface area contributed by atoms with Crippen LogP contribution < -0.4 is 0 Å². The molecule has 14 heavy (non-hydrogen) atoms. The fourth-order valence-corrected chi connectivity index (χ4v) is 2.79. The van der Waals surface area contributed by atoms with Crippen LogP contribution in [-0.4, -0.2) is 22.9 Å². The van der Waals surface area contributed by atoms with Crippen molar-refractivity contribution in [3.8, 4) is 0 Å². The number of epoxide rings is 2. The minimum absolute atomic E-state index is 0.121. The van der Waals surface area contributed by atoms with Crippen molar-refractivity contribution in [2.24, 2.45) is 0 Å². The van der Waals surface area contributed by atoms with Crippen LogP contribution in [-0.2, 0) is 9.47 Å². The minimum atomic E-state index is -0.287. The lowest BCUT2D eigenvalue weighted by Gasteiger charge is -2.18. The van der Waals surface area contributed by atoms with Gasteiger partial charge < -0.3 is 9.47 Å². The first-order chi connectivity index (χ1) is 6.55. The molecule has 0 bridgehead atoms. The maximum absolute atomic E-state index is 5.79. The van der Waals surface area contributed by atoms with Crippen LogP contribution in [0.5, 0.6) is 0 Å². The third kappa shape index (κ3) is 0.588. The second-order valence-corrected chi connectivity index (χ2v) is 4.53. The van der Waals surface area contributed by atoms with Gasteiger partial charge in [-0.25, -0.2) is 0 Å². The molecule has 3 rings (SSSR count). The van der Waals surface area contributed by atoms with Gasteiger partial charge in [-0.3, -0.25) is 0 Å². The molecule has 0 radical (unpaired) electrons. The average molecular weight is 190 g/mol. The summed E-state index contributed by atoms with van der Waals surface area (Å²) in [5.41, 5.74) is 0.428. The lowest BCUT2D eigenvalue weighted by atomic mass is 9.76. The van der Waals surface area contributed by atoms with Crippen molar-refractivity contribution < 1.29 is 9.47 Å². The van der Waals surface area contributed by atoms with Crippen LogP contribution in [0.4, 0.5) is 0 Å². The summed E-state index contributed by atoms with van der Waals surface area (Å²) < 4.78 is 11.5. The van der Waals surface area contributed by atoms with E-state index in [1.807, 2.05) is 12.2 Å². The van der Waals surface area contributed by atoms with Crippen molar-refractivity contribution in [1.29, 1.82) is 0 Å². The molecule has 1 aliphatic carbocycles. The minimum Gasteiger partial charge on any atom is -0.354 e. The van der Waals surface area contributed by atoms with E-state index in [-0.39, 0.29) is 22.9 Å². The molecule has 2 fully saturated rings. The zero-order chi connectivity index (χ0) is 10.2. The van der Waals surface area contributed by atoms with Gasteiger partial charge >= 0.3 is 0 Å². The highest BCUT2D eigenvalue weighted by Gasteiger charge is 2.82. The van der Waals surface area contributed by atoms with Gasteiger partial charge in [-0.2, -0.15) is 0 Å². The van der Waals surface area contributed by atoms with E-state index in [0.717, 1.165) is 0 Å². The molecule has 2 heterocycles. The van der Waals surface area contributed by atoms with Crippen LogP contribution in [0.1, 0.15) is 13.8 Å². The zero-order valence-corrected chi connectivity index (χ0v) is 8.54. The molecule has 4 atom stereocenters. The Morgan fingerprint density at radius 3 is 2.71 bits per heavy atom. The average Bonchev–Trinajstić information content (AvgIpc) is 3.00. The fourth-order valence-electron chi connectivity index (χ4n) is 2.79. The highest BCUT2D eigenvalue weighted by molar-refractivity contribution is 5.52. The van der Waals surface area contributed by atoms with Gasteiger partial charge in [0.25, 0.3) is 0 Å². The normalized spacial score (nSPS) is 57.9. The number of rotatable bonds is 2. The zero-order valence-electron chi connectivity index (χ0n) is 8.54. The van der Waals surface area contributed by atoms with Crippen LogP contribution in [0, 0.1) is 0 Å². The smallest absolute Gasteiger partial charge is 0.137 e. The molecule has 0 saturated carbocycles. The van der Waals surface area contributed by atoms with Gasteiger partial charge in [0.05, 0.1) is 0 Å². The van der Waals surface area contributed by atoms with Crippen molar-refractivity contribution in [1.82, 2.24) is 0 Å². The summed E-state index contributed by atoms with van der Waals surface area (Å²) in [7, 11) is 0. The molecule has 4 unspecified atom stereocenters. The third-order valence-corrected chi connectivity index (χ3v) is 3.91. The summed E-state index contributed by atoms with van der Waals surface area (Å²) in [4.78, 5) is 0. The van der Waals surface area contributed by atoms with E-state index in [1.165, 1.54) is 5.57 Å². The second kappa shape index (κ2) is 1.90. The molecule has 2 aliphatic heterocycles. The number of hydrogen-bond donors (Lipinski definition) is 0. The largest absolute Gasteiger partial charge is 0.354 e. The summed E-state index contributed by atoms with van der Waals surface area (Å²) in [5, 5.41) is 0. The highest BCUT2D eigenvalue weighted by atomic mass is 16.7. The van der Waals surface area contributed by atoms with E-state index >= 15 is 0 Å². The van der Waals surface area contributed by atoms with E-state index in [0.29, 0.717) is 0 Å². The Morgan fingerprint density at radius 1 is 1.43 bits per heavy atom. The van der Waals surface area contributed by atoms with Crippen LogP contribution in [0.2, 0.25) is 0 Å². The van der Waals surface area contributed by atoms with Crippen molar-refractivity contribution in [2.45, 2.75) is 36.8 Å². The van der Waals surface area contributed by atoms with Crippen LogP contribution in [0.15, 0.2) is 37.0 Å². The van der Waals surface area contributed by atoms with Gasteiger partial charge in [0.1, 0.15) is 22.9 Å². The van der Waals surface area contributed by atoms with Crippen molar-refractivity contribution in [3.63, 3.8) is 0 Å². The van der Waals surface area contributed by atoms with Gasteiger partial charge in [-0.05, 0) is 25.5 Å². The number of ether oxygens (including phenoxy) is 2. The SMILES string of the molecule is C=CC12OC1C1(C)OC1(C=C)C=C2C. The molecule has 2 nitrogen and oxygen atoms in total. The molecule has 0 N–H and O–H groups in total. The molecule has 0 spiro atoms. The fraction of sp³-hybridized carbons (Fsp3) is 0.500. The monoisotopic (exact) mass is 190 g/mol. The van der Waals surface area contributed by atoms with Gasteiger partial charge in [-0.1, -0.05) is 25.3 Å². The van der Waals surface area contributed by atoms with Gasteiger partial charge in [0.15, 0.2) is 0 Å². The first-order valence-electron chi connectivity index (χ1n) is 4.90. The van der Waals surface area contributed by atoms with Crippen LogP contribution in [0.3, 0.4) is 0 Å². The second-order valence-electron chi connectivity index (χ2n) is 4.53. The Labute approximate surface area is 83.9 Å². The first kappa shape index (κ1) is 8.45. The molecule has 0 aromatic heterocycles. The quantitative estimate of drug-likeness (QED) is 0.491. The molecule has 74 valence electrons. The van der Waals surface area contributed by atoms with Crippen molar-refractivity contribution in [2.75, 3.05) is 0 Å². The van der Waals surface area contributed by atoms with E-state index in [1.54, 1.807) is 0 Å². The van der Waals surface area contributed by atoms with Gasteiger partial charge in [-0.15, -0.1) is 0 Å². The predicted octanol–water partition coefficient (Wildman–Crippen LogP) is 1.98. The van der Waals surface area contributed by atoms with E-state index < -0.39 is 0 Å². The Hall–Kier alpha value is -0.860. The molecule has 2 heteroatoms. The Morgan fingerprint density at radius 2 is 2.14 bits per heavy atom. The Bertz CT molecular complexity index is 384. The lowest BCUT2D eigenvalue weighted by molar-refractivity contribution is 0.241. The third-order valence-electron chi connectivity index (χ3n) is 3.91. The van der Waals surface area contributed by atoms with Crippen molar-refractivity contribution >= 4 is 0 Å². The number of fused-ring (bicyclic) bond motifs is 3. The first-order valence-corrected chi connectivity index (χ1v) is 4.90. The molecule has 0 amide bonds. The summed E-state index contributed by atoms with van der Waals surface area (Å²) >= 11 is 0. The lowest BCUT2D eigenvalue weighted by Crippen LogP contribution is -2.35. The predicted molar refractivity (Wildman–Crippen MR) is 54.0 cm³/mol. The van der Waals surface area contributed by atoms with E-state index in [4.69, 9.17) is 9.47 Å². The van der Waals surface area contributed by atoms with Gasteiger partial charge in [0, 0.05) is 0 Å². The Kier molecular flexibility index (Phi) is 1.15. The summed E-state index contributed by atoms with van der Waals surface area (Å²) in [6.07, 6.45) is 5.98. The highest BCUT2D eigenvalue weighted by Crippen LogP contribution is 2.67. The molecule has 2 saturated heterocycles. The molecular formula is C12H14O2. The molecule has 0 aromatic rings. The maximum atomic E-state index is 5.79. The topological polar surface area (TPSA) is 25.1 Å². The van der Waals surface area contributed by atoms with Gasteiger partial charge in [0.2, 0.25) is 0 Å². The van der Waals surface area contributed by atoms with Crippen LogP contribution in [0.25, 0.3) is 0 Å². The van der Waals surface area contributed by atoms with E-state index in [9.17, 15) is 0 Å². The Balaban J connectivity index is 2.13. The maximum Gasteiger partial charge on any atom is 0.137 e. The standard InChI is InChI=1S/C12H14O2/c1-5-11-7-8(3)12(6-2)9(13-12)10(11,4)14-11/h5-7,9H,1-2H2,3-4H3. The number of hydrogen-bond acceptors (Lipinski definition) is 2. The molecule has 0 aromatic carbocycles. The summed E-state index contributed by atoms with van der Waals surface area (Å²) in [6, 6.07) is 0. The van der Waals surface area contributed by atoms with E-state index in [2.05, 4.69) is 33.1 Å². The molecular weight excluding hydrogens is 176 g/mol. The van der Waals surface area contributed by atoms with Crippen molar-refractivity contribution in [3.05, 3.63) is 37.0 Å².